The van der Waals surface area contributed by atoms with Gasteiger partial charge >= 0.3 is 0 Å². The smallest absolute Gasteiger partial charge is 0.237 e. The molecule has 0 aromatic rings. The van der Waals surface area contributed by atoms with Gasteiger partial charge in [0, 0.05) is 18.5 Å². The molecule has 0 aromatic heterocycles. The highest BCUT2D eigenvalue weighted by atomic mass is 35.5. The molecule has 1 aliphatic carbocycles. The fourth-order valence-corrected chi connectivity index (χ4v) is 2.72. The van der Waals surface area contributed by atoms with Crippen LogP contribution in [0, 0.1) is 5.41 Å². The van der Waals surface area contributed by atoms with Gasteiger partial charge in [-0.25, -0.2) is 0 Å². The summed E-state index contributed by atoms with van der Waals surface area (Å²) in [5.41, 5.74) is 0.320. The van der Waals surface area contributed by atoms with E-state index in [1.807, 2.05) is 4.90 Å². The number of nitrogens with zero attached hydrogens (tertiary/aromatic N) is 1. The van der Waals surface area contributed by atoms with E-state index >= 15 is 0 Å². The van der Waals surface area contributed by atoms with Crippen LogP contribution in [0.3, 0.4) is 0 Å². The number of aliphatic hydroxyl groups excluding tert-OH is 1. The Balaban J connectivity index is 1.83. The number of carbonyl (C=O) groups is 1. The van der Waals surface area contributed by atoms with Crippen molar-refractivity contribution in [1.82, 2.24) is 4.90 Å². The minimum absolute atomic E-state index is 0.0448. The number of amides is 1. The van der Waals surface area contributed by atoms with Crippen molar-refractivity contribution in [1.29, 1.82) is 0 Å². The highest BCUT2D eigenvalue weighted by molar-refractivity contribution is 6.27. The standard InChI is InChI=1S/C10H16ClNO2/c11-5-9(14)12-6-10(7-12)3-1-8(13)2-4-10/h8,13H,1-7H2. The van der Waals surface area contributed by atoms with Crippen LogP contribution < -0.4 is 0 Å². The first-order valence-electron chi connectivity index (χ1n) is 5.17. The average Bonchev–Trinajstić information content (AvgIpc) is 2.15. The predicted molar refractivity (Wildman–Crippen MR) is 54.2 cm³/mol. The quantitative estimate of drug-likeness (QED) is 0.666. The first-order chi connectivity index (χ1) is 6.65. The first kappa shape index (κ1) is 10.2. The molecular weight excluding hydrogens is 202 g/mol. The number of hydrogen-bond donors (Lipinski definition) is 1. The van der Waals surface area contributed by atoms with Gasteiger partial charge in [0.15, 0.2) is 0 Å². The molecule has 2 rings (SSSR count). The van der Waals surface area contributed by atoms with Crippen LogP contribution in [-0.4, -0.2) is 41.0 Å². The van der Waals surface area contributed by atoms with E-state index in [9.17, 15) is 9.90 Å². The lowest BCUT2D eigenvalue weighted by Gasteiger charge is -2.53. The summed E-state index contributed by atoms with van der Waals surface area (Å²) >= 11 is 5.48. The van der Waals surface area contributed by atoms with Gasteiger partial charge in [0.05, 0.1) is 6.10 Å². The van der Waals surface area contributed by atoms with Gasteiger partial charge in [0.2, 0.25) is 5.91 Å². The Labute approximate surface area is 89.0 Å². The highest BCUT2D eigenvalue weighted by Gasteiger charge is 2.46. The minimum Gasteiger partial charge on any atom is -0.393 e. The largest absolute Gasteiger partial charge is 0.393 e. The lowest BCUT2D eigenvalue weighted by Crippen LogP contribution is -2.60. The summed E-state index contributed by atoms with van der Waals surface area (Å²) in [7, 11) is 0. The molecule has 1 amide bonds. The average molecular weight is 218 g/mol. The summed E-state index contributed by atoms with van der Waals surface area (Å²) in [6.07, 6.45) is 3.78. The molecule has 1 saturated heterocycles. The second-order valence-electron chi connectivity index (χ2n) is 4.61. The predicted octanol–water partition coefficient (Wildman–Crippen LogP) is 0.989. The van der Waals surface area contributed by atoms with Gasteiger partial charge in [0.1, 0.15) is 5.88 Å². The van der Waals surface area contributed by atoms with Crippen molar-refractivity contribution in [2.24, 2.45) is 5.41 Å². The second kappa shape index (κ2) is 3.70. The summed E-state index contributed by atoms with van der Waals surface area (Å²) in [6, 6.07) is 0. The molecule has 0 atom stereocenters. The van der Waals surface area contributed by atoms with Crippen LogP contribution in [0.25, 0.3) is 0 Å². The van der Waals surface area contributed by atoms with Gasteiger partial charge in [-0.2, -0.15) is 0 Å². The maximum atomic E-state index is 11.2. The Morgan fingerprint density at radius 2 is 2.00 bits per heavy atom. The molecule has 0 aromatic carbocycles. The van der Waals surface area contributed by atoms with E-state index in [1.54, 1.807) is 0 Å². The van der Waals surface area contributed by atoms with E-state index in [0.717, 1.165) is 38.8 Å². The fourth-order valence-electron chi connectivity index (χ4n) is 2.56. The topological polar surface area (TPSA) is 40.5 Å². The van der Waals surface area contributed by atoms with Crippen LogP contribution in [0.15, 0.2) is 0 Å². The van der Waals surface area contributed by atoms with Gasteiger partial charge in [0.25, 0.3) is 0 Å². The number of hydrogen-bond acceptors (Lipinski definition) is 2. The van der Waals surface area contributed by atoms with Crippen LogP contribution in [0.4, 0.5) is 0 Å². The number of carbonyl (C=O) groups excluding carboxylic acids is 1. The maximum absolute atomic E-state index is 11.2. The molecule has 80 valence electrons. The lowest BCUT2D eigenvalue weighted by molar-refractivity contribution is -0.144. The zero-order chi connectivity index (χ0) is 10.2. The number of likely N-dealkylation sites (tertiary alicyclic amines) is 1. The molecule has 4 heteroatoms. The molecule has 2 aliphatic rings. The molecule has 3 nitrogen and oxygen atoms in total. The number of alkyl halides is 1. The molecule has 1 aliphatic heterocycles. The Bertz CT molecular complexity index is 228. The number of aliphatic hydroxyl groups is 1. The van der Waals surface area contributed by atoms with E-state index in [-0.39, 0.29) is 17.9 Å². The third-order valence-electron chi connectivity index (χ3n) is 3.54. The monoisotopic (exact) mass is 217 g/mol. The van der Waals surface area contributed by atoms with Crippen LogP contribution in [0.1, 0.15) is 25.7 Å². The SMILES string of the molecule is O=C(CCl)N1CC2(CCC(O)CC2)C1. The lowest BCUT2D eigenvalue weighted by atomic mass is 9.68. The second-order valence-corrected chi connectivity index (χ2v) is 4.88. The Hall–Kier alpha value is -0.280. The summed E-state index contributed by atoms with van der Waals surface area (Å²) in [6.45, 7) is 1.70. The molecule has 1 heterocycles. The molecule has 1 saturated carbocycles. The number of rotatable bonds is 1. The van der Waals surface area contributed by atoms with Gasteiger partial charge < -0.3 is 10.0 Å². The molecule has 14 heavy (non-hydrogen) atoms. The van der Waals surface area contributed by atoms with Gasteiger partial charge in [-0.05, 0) is 25.7 Å². The summed E-state index contributed by atoms with van der Waals surface area (Å²) in [5.74, 6) is 0.141. The third-order valence-corrected chi connectivity index (χ3v) is 3.76. The van der Waals surface area contributed by atoms with Crippen molar-refractivity contribution in [3.8, 4) is 0 Å². The van der Waals surface area contributed by atoms with Crippen LogP contribution in [0.5, 0.6) is 0 Å². The molecule has 0 bridgehead atoms. The van der Waals surface area contributed by atoms with Gasteiger partial charge in [-0.15, -0.1) is 11.6 Å². The van der Waals surface area contributed by atoms with Crippen LogP contribution >= 0.6 is 11.6 Å². The van der Waals surface area contributed by atoms with Crippen molar-refractivity contribution in [2.45, 2.75) is 31.8 Å². The Morgan fingerprint density at radius 1 is 1.43 bits per heavy atom. The van der Waals surface area contributed by atoms with Crippen molar-refractivity contribution >= 4 is 17.5 Å². The van der Waals surface area contributed by atoms with Crippen molar-refractivity contribution in [2.75, 3.05) is 19.0 Å². The first-order valence-corrected chi connectivity index (χ1v) is 5.70. The highest BCUT2D eigenvalue weighted by Crippen LogP contribution is 2.43. The van der Waals surface area contributed by atoms with E-state index in [2.05, 4.69) is 0 Å². The van der Waals surface area contributed by atoms with Crippen molar-refractivity contribution < 1.29 is 9.90 Å². The zero-order valence-electron chi connectivity index (χ0n) is 8.21. The van der Waals surface area contributed by atoms with Crippen molar-refractivity contribution in [3.63, 3.8) is 0 Å². The molecule has 2 fully saturated rings. The van der Waals surface area contributed by atoms with E-state index in [0.29, 0.717) is 5.41 Å². The van der Waals surface area contributed by atoms with E-state index < -0.39 is 0 Å². The Morgan fingerprint density at radius 3 is 2.50 bits per heavy atom. The van der Waals surface area contributed by atoms with Crippen LogP contribution in [0.2, 0.25) is 0 Å². The third kappa shape index (κ3) is 1.75. The molecule has 0 radical (unpaired) electrons. The molecule has 1 spiro atoms. The molecule has 1 N–H and O–H groups in total. The maximum Gasteiger partial charge on any atom is 0.237 e. The van der Waals surface area contributed by atoms with Crippen molar-refractivity contribution in [3.05, 3.63) is 0 Å². The minimum atomic E-state index is -0.113. The van der Waals surface area contributed by atoms with E-state index in [4.69, 9.17) is 11.6 Å². The number of halogens is 1. The Kier molecular flexibility index (Phi) is 2.71. The molecule has 0 unspecified atom stereocenters. The summed E-state index contributed by atoms with van der Waals surface area (Å²) in [5, 5.41) is 9.38. The molecular formula is C10H16ClNO2. The van der Waals surface area contributed by atoms with Crippen LogP contribution in [-0.2, 0) is 4.79 Å². The van der Waals surface area contributed by atoms with Gasteiger partial charge in [-0.1, -0.05) is 0 Å². The normalized spacial score (nSPS) is 26.3. The van der Waals surface area contributed by atoms with E-state index in [1.165, 1.54) is 0 Å². The summed E-state index contributed by atoms with van der Waals surface area (Å²) < 4.78 is 0. The fraction of sp³-hybridized carbons (Fsp3) is 0.900. The van der Waals surface area contributed by atoms with Gasteiger partial charge in [-0.3, -0.25) is 4.79 Å². The summed E-state index contributed by atoms with van der Waals surface area (Å²) in [4.78, 5) is 13.1. The zero-order valence-corrected chi connectivity index (χ0v) is 8.96.